The molecular weight excluding hydrogens is 433 g/mol. The molecule has 0 spiro atoms. The van der Waals surface area contributed by atoms with Crippen LogP contribution < -0.4 is 9.46 Å². The van der Waals surface area contributed by atoms with Crippen molar-refractivity contribution in [2.45, 2.75) is 43.9 Å². The topological polar surface area (TPSA) is 92.7 Å². The smallest absolute Gasteiger partial charge is 0.338 e. The number of sulfonamides is 1. The van der Waals surface area contributed by atoms with E-state index in [0.29, 0.717) is 23.1 Å². The maximum atomic E-state index is 13.6. The van der Waals surface area contributed by atoms with Crippen molar-refractivity contribution in [2.75, 3.05) is 11.3 Å². The molecule has 0 bridgehead atoms. The van der Waals surface area contributed by atoms with Crippen molar-refractivity contribution >= 4 is 32.5 Å². The van der Waals surface area contributed by atoms with Gasteiger partial charge in [0, 0.05) is 16.5 Å². The highest BCUT2D eigenvalue weighted by Crippen LogP contribution is 2.32. The Hall–Kier alpha value is -3.13. The molecule has 0 aromatic heterocycles. The van der Waals surface area contributed by atoms with Crippen LogP contribution in [0.3, 0.4) is 0 Å². The van der Waals surface area contributed by atoms with Gasteiger partial charge in [0.2, 0.25) is 0 Å². The molecule has 3 aromatic rings. The van der Waals surface area contributed by atoms with Gasteiger partial charge >= 0.3 is 5.97 Å². The summed E-state index contributed by atoms with van der Waals surface area (Å²) >= 11 is 0. The lowest BCUT2D eigenvalue weighted by Crippen LogP contribution is -2.14. The van der Waals surface area contributed by atoms with Crippen LogP contribution >= 0.6 is 0 Å². The molecule has 6 nitrogen and oxygen atoms in total. The highest BCUT2D eigenvalue weighted by atomic mass is 32.2. The van der Waals surface area contributed by atoms with Gasteiger partial charge in [-0.25, -0.2) is 17.6 Å². The van der Waals surface area contributed by atoms with Crippen molar-refractivity contribution < 1.29 is 27.4 Å². The number of nitrogens with one attached hydrogen (secondary N) is 1. The first kappa shape index (κ1) is 23.5. The van der Waals surface area contributed by atoms with Crippen LogP contribution in [0, 0.1) is 5.82 Å². The van der Waals surface area contributed by atoms with E-state index in [4.69, 9.17) is 9.84 Å². The second kappa shape index (κ2) is 10.5. The van der Waals surface area contributed by atoms with Gasteiger partial charge in [0.15, 0.2) is 0 Å². The average molecular weight is 460 g/mol. The minimum absolute atomic E-state index is 0.0181. The fraction of sp³-hybridized carbons (Fsp3) is 0.292. The molecule has 0 unspecified atom stereocenters. The van der Waals surface area contributed by atoms with Gasteiger partial charge in [-0.15, -0.1) is 0 Å². The predicted octanol–water partition coefficient (Wildman–Crippen LogP) is 5.83. The maximum absolute atomic E-state index is 13.6. The van der Waals surface area contributed by atoms with Crippen molar-refractivity contribution in [1.29, 1.82) is 0 Å². The Bertz CT molecular complexity index is 1210. The van der Waals surface area contributed by atoms with E-state index < -0.39 is 27.4 Å². The van der Waals surface area contributed by atoms with Crippen LogP contribution in [0.1, 0.15) is 49.4 Å². The number of unbranched alkanes of at least 4 members (excludes halogenated alkanes) is 4. The first-order valence-electron chi connectivity index (χ1n) is 10.5. The summed E-state index contributed by atoms with van der Waals surface area (Å²) in [5.74, 6) is -1.82. The van der Waals surface area contributed by atoms with Gasteiger partial charge in [-0.2, -0.15) is 0 Å². The third-order valence-electron chi connectivity index (χ3n) is 5.09. The number of carbonyl (C=O) groups is 1. The summed E-state index contributed by atoms with van der Waals surface area (Å²) in [6.45, 7) is 2.71. The Morgan fingerprint density at radius 3 is 2.44 bits per heavy atom. The predicted molar refractivity (Wildman–Crippen MR) is 122 cm³/mol. The molecule has 3 aromatic carbocycles. The maximum Gasteiger partial charge on any atom is 0.338 e. The number of hydrogen-bond donors (Lipinski definition) is 2. The Kier molecular flexibility index (Phi) is 7.69. The van der Waals surface area contributed by atoms with E-state index in [1.54, 1.807) is 30.3 Å². The number of halogens is 1. The third-order valence-corrected chi connectivity index (χ3v) is 6.53. The molecule has 0 atom stereocenters. The van der Waals surface area contributed by atoms with E-state index in [1.165, 1.54) is 25.0 Å². The molecular formula is C24H26FNO5S. The molecule has 0 saturated heterocycles. The number of fused-ring (bicyclic) bond motifs is 1. The van der Waals surface area contributed by atoms with Crippen molar-refractivity contribution in [3.8, 4) is 5.75 Å². The standard InChI is InChI=1S/C24H26FNO5S/c1-2-3-4-5-8-15-31-22-13-14-23(19-10-7-6-9-18(19)22)32(29,30)26-17-11-12-21(25)20(16-17)24(27)28/h6-7,9-14,16,26H,2-5,8,15H2,1H3,(H,27,28). The van der Waals surface area contributed by atoms with Crippen molar-refractivity contribution in [3.63, 3.8) is 0 Å². The summed E-state index contributed by atoms with van der Waals surface area (Å²) in [6.07, 6.45) is 5.54. The highest BCUT2D eigenvalue weighted by Gasteiger charge is 2.20. The van der Waals surface area contributed by atoms with E-state index in [0.717, 1.165) is 31.4 Å². The SMILES string of the molecule is CCCCCCCOc1ccc(S(=O)(=O)Nc2ccc(F)c(C(=O)O)c2)c2ccccc12. The first-order valence-corrected chi connectivity index (χ1v) is 12.0. The summed E-state index contributed by atoms with van der Waals surface area (Å²) < 4.78 is 48.0. The van der Waals surface area contributed by atoms with Crippen LogP contribution in [0.4, 0.5) is 10.1 Å². The van der Waals surface area contributed by atoms with Gasteiger partial charge in [-0.05, 0) is 36.8 Å². The molecule has 0 heterocycles. The third kappa shape index (κ3) is 5.56. The van der Waals surface area contributed by atoms with Gasteiger partial charge in [0.1, 0.15) is 11.6 Å². The molecule has 0 saturated carbocycles. The molecule has 0 aliphatic carbocycles. The van der Waals surface area contributed by atoms with E-state index in [1.807, 2.05) is 0 Å². The van der Waals surface area contributed by atoms with E-state index in [9.17, 15) is 17.6 Å². The number of ether oxygens (including phenoxy) is 1. The number of carboxylic acid groups (broad SMARTS) is 1. The van der Waals surface area contributed by atoms with Crippen LogP contribution in [0.15, 0.2) is 59.5 Å². The molecule has 0 radical (unpaired) electrons. The number of carboxylic acids is 1. The number of benzene rings is 3. The minimum atomic E-state index is -4.07. The first-order chi connectivity index (χ1) is 15.3. The fourth-order valence-electron chi connectivity index (χ4n) is 3.45. The van der Waals surface area contributed by atoms with Gasteiger partial charge in [0.05, 0.1) is 17.1 Å². The number of anilines is 1. The molecule has 3 rings (SSSR count). The Labute approximate surface area is 187 Å². The summed E-state index contributed by atoms with van der Waals surface area (Å²) in [7, 11) is -4.07. The molecule has 170 valence electrons. The van der Waals surface area contributed by atoms with E-state index in [-0.39, 0.29) is 10.6 Å². The van der Waals surface area contributed by atoms with Crippen LogP contribution in [-0.2, 0) is 10.0 Å². The van der Waals surface area contributed by atoms with Crippen molar-refractivity contribution in [1.82, 2.24) is 0 Å². The Morgan fingerprint density at radius 2 is 1.72 bits per heavy atom. The van der Waals surface area contributed by atoms with Gasteiger partial charge in [-0.3, -0.25) is 4.72 Å². The second-order valence-corrected chi connectivity index (χ2v) is 9.13. The summed E-state index contributed by atoms with van der Waals surface area (Å²) in [4.78, 5) is 11.2. The van der Waals surface area contributed by atoms with Gasteiger partial charge < -0.3 is 9.84 Å². The van der Waals surface area contributed by atoms with Crippen LogP contribution in [0.2, 0.25) is 0 Å². The van der Waals surface area contributed by atoms with Gasteiger partial charge in [0.25, 0.3) is 10.0 Å². The van der Waals surface area contributed by atoms with Crippen molar-refractivity contribution in [2.24, 2.45) is 0 Å². The summed E-state index contributed by atoms with van der Waals surface area (Å²) in [6, 6.07) is 13.1. The van der Waals surface area contributed by atoms with Crippen LogP contribution in [0.5, 0.6) is 5.75 Å². The normalized spacial score (nSPS) is 11.4. The lowest BCUT2D eigenvalue weighted by atomic mass is 10.1. The molecule has 0 amide bonds. The lowest BCUT2D eigenvalue weighted by Gasteiger charge is -2.14. The quantitative estimate of drug-likeness (QED) is 0.352. The molecule has 8 heteroatoms. The zero-order chi connectivity index (χ0) is 23.1. The number of rotatable bonds is 11. The number of aromatic carboxylic acids is 1. The highest BCUT2D eigenvalue weighted by molar-refractivity contribution is 7.93. The summed E-state index contributed by atoms with van der Waals surface area (Å²) in [5.41, 5.74) is -0.655. The minimum Gasteiger partial charge on any atom is -0.493 e. The van der Waals surface area contributed by atoms with Crippen LogP contribution in [-0.4, -0.2) is 26.1 Å². The van der Waals surface area contributed by atoms with Crippen molar-refractivity contribution in [3.05, 3.63) is 66.0 Å². The van der Waals surface area contributed by atoms with Crippen LogP contribution in [0.25, 0.3) is 10.8 Å². The van der Waals surface area contributed by atoms with Gasteiger partial charge in [-0.1, -0.05) is 56.9 Å². The van der Waals surface area contributed by atoms with E-state index in [2.05, 4.69) is 11.6 Å². The molecule has 0 fully saturated rings. The average Bonchev–Trinajstić information content (AvgIpc) is 2.77. The molecule has 0 aliphatic rings. The fourth-order valence-corrected chi connectivity index (χ4v) is 4.72. The largest absolute Gasteiger partial charge is 0.493 e. The Balaban J connectivity index is 1.85. The second-order valence-electron chi connectivity index (χ2n) is 7.48. The Morgan fingerprint density at radius 1 is 1.00 bits per heavy atom. The number of hydrogen-bond acceptors (Lipinski definition) is 4. The summed E-state index contributed by atoms with van der Waals surface area (Å²) in [5, 5.41) is 10.2. The zero-order valence-corrected chi connectivity index (χ0v) is 18.6. The zero-order valence-electron chi connectivity index (χ0n) is 17.8. The molecule has 32 heavy (non-hydrogen) atoms. The molecule has 2 N–H and O–H groups in total. The van der Waals surface area contributed by atoms with E-state index >= 15 is 0 Å². The lowest BCUT2D eigenvalue weighted by molar-refractivity contribution is 0.0692. The monoisotopic (exact) mass is 459 g/mol. The molecule has 0 aliphatic heterocycles.